The van der Waals surface area contributed by atoms with E-state index >= 15 is 0 Å². The zero-order chi connectivity index (χ0) is 18.4. The number of carbonyl (C=O) groups excluding carboxylic acids is 1. The third-order valence-corrected chi connectivity index (χ3v) is 5.51. The van der Waals surface area contributed by atoms with Gasteiger partial charge in [0.05, 0.1) is 13.2 Å². The average molecular weight is 409 g/mol. The smallest absolute Gasteiger partial charge is 0.241 e. The Hall–Kier alpha value is -1.73. The fourth-order valence-electron chi connectivity index (χ4n) is 2.90. The van der Waals surface area contributed by atoms with Crippen molar-refractivity contribution in [2.75, 3.05) is 25.6 Å². The van der Waals surface area contributed by atoms with Crippen LogP contribution in [-0.4, -0.2) is 32.3 Å². The minimum Gasteiger partial charge on any atom is -0.497 e. The second-order valence-corrected chi connectivity index (χ2v) is 7.41. The molecule has 1 aliphatic rings. The van der Waals surface area contributed by atoms with Gasteiger partial charge in [-0.2, -0.15) is 0 Å². The topological polar surface area (TPSA) is 73.6 Å². The molecule has 7 heteroatoms. The lowest BCUT2D eigenvalue weighted by Crippen LogP contribution is -2.43. The molecule has 0 radical (unpaired) electrons. The van der Waals surface area contributed by atoms with Crippen LogP contribution in [0.1, 0.15) is 12.8 Å². The Morgan fingerprint density at radius 2 is 1.67 bits per heavy atom. The molecule has 0 spiro atoms. The van der Waals surface area contributed by atoms with Crippen LogP contribution in [-0.2, 0) is 9.53 Å². The largest absolute Gasteiger partial charge is 0.497 e. The molecule has 1 unspecified atom stereocenters. The summed E-state index contributed by atoms with van der Waals surface area (Å²) in [6.07, 6.45) is 1.68. The Balaban J connectivity index is 0.00000261. The summed E-state index contributed by atoms with van der Waals surface area (Å²) in [6, 6.07) is 15.2. The lowest BCUT2D eigenvalue weighted by atomic mass is 9.92. The SMILES string of the molecule is COc1ccc(Sc2ccc(NC(=O)C(N)C3CCOCC3)cc2)cc1.Cl. The van der Waals surface area contributed by atoms with Crippen molar-refractivity contribution in [2.24, 2.45) is 11.7 Å². The Bertz CT molecular complexity index is 719. The maximum absolute atomic E-state index is 12.4. The number of anilines is 1. The predicted octanol–water partition coefficient (Wildman–Crippen LogP) is 3.96. The first-order valence-electron chi connectivity index (χ1n) is 8.72. The summed E-state index contributed by atoms with van der Waals surface area (Å²) in [5, 5.41) is 2.91. The number of methoxy groups -OCH3 is 1. The zero-order valence-corrected chi connectivity index (χ0v) is 16.9. The third-order valence-electron chi connectivity index (χ3n) is 4.49. The van der Waals surface area contributed by atoms with E-state index in [0.29, 0.717) is 13.2 Å². The molecule has 5 nitrogen and oxygen atoms in total. The fourth-order valence-corrected chi connectivity index (χ4v) is 3.72. The van der Waals surface area contributed by atoms with Crippen LogP contribution in [0.4, 0.5) is 5.69 Å². The van der Waals surface area contributed by atoms with Crippen molar-refractivity contribution in [3.05, 3.63) is 48.5 Å². The molecule has 1 aliphatic heterocycles. The maximum Gasteiger partial charge on any atom is 0.241 e. The van der Waals surface area contributed by atoms with Crippen molar-refractivity contribution in [1.29, 1.82) is 0 Å². The van der Waals surface area contributed by atoms with Gasteiger partial charge in [-0.3, -0.25) is 4.79 Å². The summed E-state index contributed by atoms with van der Waals surface area (Å²) in [5.41, 5.74) is 6.87. The molecule has 1 atom stereocenters. The van der Waals surface area contributed by atoms with E-state index < -0.39 is 6.04 Å². The Kier molecular flexibility index (Phi) is 8.44. The summed E-state index contributed by atoms with van der Waals surface area (Å²) in [6.45, 7) is 1.37. The lowest BCUT2D eigenvalue weighted by Gasteiger charge is -2.26. The highest BCUT2D eigenvalue weighted by Crippen LogP contribution is 2.30. The van der Waals surface area contributed by atoms with E-state index in [1.165, 1.54) is 0 Å². The molecule has 1 saturated heterocycles. The highest BCUT2D eigenvalue weighted by molar-refractivity contribution is 7.99. The van der Waals surface area contributed by atoms with Gasteiger partial charge in [0.2, 0.25) is 5.91 Å². The highest BCUT2D eigenvalue weighted by atomic mass is 35.5. The second-order valence-electron chi connectivity index (χ2n) is 6.27. The summed E-state index contributed by atoms with van der Waals surface area (Å²) in [7, 11) is 1.66. The summed E-state index contributed by atoms with van der Waals surface area (Å²) >= 11 is 1.66. The van der Waals surface area contributed by atoms with Crippen molar-refractivity contribution < 1.29 is 14.3 Å². The standard InChI is InChI=1S/C20H24N2O3S.ClH/c1-24-16-4-8-18(9-5-16)26-17-6-2-15(3-7-17)22-20(23)19(21)14-10-12-25-13-11-14;/h2-9,14,19H,10-13,21H2,1H3,(H,22,23);1H. The van der Waals surface area contributed by atoms with Gasteiger partial charge in [-0.05, 0) is 67.3 Å². The van der Waals surface area contributed by atoms with Gasteiger partial charge in [0.15, 0.2) is 0 Å². The van der Waals surface area contributed by atoms with Gasteiger partial charge in [-0.1, -0.05) is 11.8 Å². The monoisotopic (exact) mass is 408 g/mol. The highest BCUT2D eigenvalue weighted by Gasteiger charge is 2.26. The number of hydrogen-bond acceptors (Lipinski definition) is 5. The van der Waals surface area contributed by atoms with Crippen molar-refractivity contribution >= 4 is 35.8 Å². The van der Waals surface area contributed by atoms with Gasteiger partial charge in [0.1, 0.15) is 5.75 Å². The van der Waals surface area contributed by atoms with E-state index in [1.54, 1.807) is 18.9 Å². The van der Waals surface area contributed by atoms with Gasteiger partial charge in [0, 0.05) is 28.7 Å². The minimum atomic E-state index is -0.493. The van der Waals surface area contributed by atoms with E-state index in [2.05, 4.69) is 5.32 Å². The van der Waals surface area contributed by atoms with Crippen molar-refractivity contribution in [2.45, 2.75) is 28.7 Å². The van der Waals surface area contributed by atoms with Crippen LogP contribution in [0.25, 0.3) is 0 Å². The number of nitrogens with two attached hydrogens (primary N) is 1. The zero-order valence-electron chi connectivity index (χ0n) is 15.2. The molecule has 3 N–H and O–H groups in total. The lowest BCUT2D eigenvalue weighted by molar-refractivity contribution is -0.119. The average Bonchev–Trinajstić information content (AvgIpc) is 2.70. The number of hydrogen-bond donors (Lipinski definition) is 2. The van der Waals surface area contributed by atoms with Crippen LogP contribution in [0, 0.1) is 5.92 Å². The van der Waals surface area contributed by atoms with Gasteiger partial charge in [-0.15, -0.1) is 12.4 Å². The number of amides is 1. The van der Waals surface area contributed by atoms with Crippen LogP contribution < -0.4 is 15.8 Å². The van der Waals surface area contributed by atoms with Crippen LogP contribution in [0.5, 0.6) is 5.75 Å². The number of halogens is 1. The number of ether oxygens (including phenoxy) is 2. The fraction of sp³-hybridized carbons (Fsp3) is 0.350. The molecule has 1 heterocycles. The predicted molar refractivity (Wildman–Crippen MR) is 111 cm³/mol. The number of rotatable bonds is 6. The van der Waals surface area contributed by atoms with Crippen molar-refractivity contribution in [3.63, 3.8) is 0 Å². The molecule has 1 amide bonds. The van der Waals surface area contributed by atoms with Gasteiger partial charge < -0.3 is 20.5 Å². The molecule has 0 saturated carbocycles. The molecule has 2 aromatic rings. The Morgan fingerprint density at radius 1 is 1.11 bits per heavy atom. The quantitative estimate of drug-likeness (QED) is 0.756. The minimum absolute atomic E-state index is 0. The molecule has 3 rings (SSSR count). The molecule has 27 heavy (non-hydrogen) atoms. The summed E-state index contributed by atoms with van der Waals surface area (Å²) in [5.74, 6) is 0.898. The Morgan fingerprint density at radius 3 is 2.22 bits per heavy atom. The number of benzene rings is 2. The Labute approximate surface area is 170 Å². The van der Waals surface area contributed by atoms with E-state index in [1.807, 2.05) is 48.5 Å². The summed E-state index contributed by atoms with van der Waals surface area (Å²) < 4.78 is 10.5. The molecular weight excluding hydrogens is 384 g/mol. The van der Waals surface area contributed by atoms with Crippen molar-refractivity contribution in [3.8, 4) is 5.75 Å². The van der Waals surface area contributed by atoms with Gasteiger partial charge in [-0.25, -0.2) is 0 Å². The molecule has 0 bridgehead atoms. The van der Waals surface area contributed by atoms with E-state index in [-0.39, 0.29) is 24.2 Å². The number of carbonyl (C=O) groups is 1. The van der Waals surface area contributed by atoms with Crippen LogP contribution in [0.3, 0.4) is 0 Å². The number of nitrogens with one attached hydrogen (secondary N) is 1. The van der Waals surface area contributed by atoms with Crippen LogP contribution >= 0.6 is 24.2 Å². The molecule has 0 aliphatic carbocycles. The molecular formula is C20H25ClN2O3S. The van der Waals surface area contributed by atoms with Crippen molar-refractivity contribution in [1.82, 2.24) is 0 Å². The first kappa shape index (κ1) is 21.6. The van der Waals surface area contributed by atoms with E-state index in [4.69, 9.17) is 15.2 Å². The molecule has 1 fully saturated rings. The normalized spacial score (nSPS) is 15.5. The first-order valence-corrected chi connectivity index (χ1v) is 9.53. The van der Waals surface area contributed by atoms with E-state index in [9.17, 15) is 4.79 Å². The van der Waals surface area contributed by atoms with Crippen LogP contribution in [0.2, 0.25) is 0 Å². The molecule has 2 aromatic carbocycles. The second kappa shape index (κ2) is 10.6. The van der Waals surface area contributed by atoms with Crippen LogP contribution in [0.15, 0.2) is 58.3 Å². The van der Waals surface area contributed by atoms with Gasteiger partial charge in [0.25, 0.3) is 0 Å². The van der Waals surface area contributed by atoms with Gasteiger partial charge >= 0.3 is 0 Å². The maximum atomic E-state index is 12.4. The third kappa shape index (κ3) is 6.14. The molecule has 146 valence electrons. The first-order chi connectivity index (χ1) is 12.7. The van der Waals surface area contributed by atoms with E-state index in [0.717, 1.165) is 34.1 Å². The summed E-state index contributed by atoms with van der Waals surface area (Å²) in [4.78, 5) is 14.6. The molecule has 0 aromatic heterocycles.